The number of rotatable bonds is 2. The van der Waals surface area contributed by atoms with Gasteiger partial charge in [0.05, 0.1) is 12.8 Å². The predicted molar refractivity (Wildman–Crippen MR) is 58.9 cm³/mol. The smallest absolute Gasteiger partial charge is 0.335 e. The van der Waals surface area contributed by atoms with Crippen LogP contribution in [0.15, 0.2) is 29.4 Å². The first-order valence-corrected chi connectivity index (χ1v) is 4.92. The van der Waals surface area contributed by atoms with Crippen molar-refractivity contribution in [3.05, 3.63) is 35.4 Å². The highest BCUT2D eigenvalue weighted by Gasteiger charge is 2.17. The first-order valence-electron chi connectivity index (χ1n) is 4.92. The van der Waals surface area contributed by atoms with E-state index in [1.54, 1.807) is 6.21 Å². The molecule has 4 heteroatoms. The van der Waals surface area contributed by atoms with Crippen LogP contribution in [0.25, 0.3) is 0 Å². The van der Waals surface area contributed by atoms with Crippen molar-refractivity contribution in [1.29, 1.82) is 0 Å². The Labute approximate surface area is 88.6 Å². The van der Waals surface area contributed by atoms with Gasteiger partial charge in [0.25, 0.3) is 0 Å². The Morgan fingerprint density at radius 2 is 2.40 bits per heavy atom. The Balaban J connectivity index is 2.08. The molecule has 0 saturated carbocycles. The SMILES string of the molecule is Cc1cccc(/C=N/N2CCNC2=O)c1. The van der Waals surface area contributed by atoms with Crippen LogP contribution in [0, 0.1) is 6.92 Å². The van der Waals surface area contributed by atoms with E-state index in [-0.39, 0.29) is 6.03 Å². The van der Waals surface area contributed by atoms with E-state index in [1.807, 2.05) is 31.2 Å². The second kappa shape index (κ2) is 4.13. The molecule has 1 heterocycles. The summed E-state index contributed by atoms with van der Waals surface area (Å²) in [6.45, 7) is 3.34. The fraction of sp³-hybridized carbons (Fsp3) is 0.273. The monoisotopic (exact) mass is 203 g/mol. The van der Waals surface area contributed by atoms with Gasteiger partial charge in [0.2, 0.25) is 0 Å². The quantitative estimate of drug-likeness (QED) is 0.724. The third-order valence-corrected chi connectivity index (χ3v) is 2.22. The van der Waals surface area contributed by atoms with Crippen molar-refractivity contribution >= 4 is 12.2 Å². The summed E-state index contributed by atoms with van der Waals surface area (Å²) in [5.41, 5.74) is 2.19. The summed E-state index contributed by atoms with van der Waals surface area (Å²) in [5.74, 6) is 0. The van der Waals surface area contributed by atoms with E-state index in [0.717, 1.165) is 5.56 Å². The van der Waals surface area contributed by atoms with Crippen molar-refractivity contribution in [3.8, 4) is 0 Å². The van der Waals surface area contributed by atoms with Crippen LogP contribution in [0.4, 0.5) is 4.79 Å². The average molecular weight is 203 g/mol. The molecule has 1 saturated heterocycles. The highest BCUT2D eigenvalue weighted by molar-refractivity contribution is 5.82. The van der Waals surface area contributed by atoms with Crippen molar-refractivity contribution in [2.75, 3.05) is 13.1 Å². The molecule has 0 radical (unpaired) electrons. The lowest BCUT2D eigenvalue weighted by atomic mass is 10.2. The van der Waals surface area contributed by atoms with E-state index in [1.165, 1.54) is 10.6 Å². The maximum Gasteiger partial charge on any atom is 0.337 e. The molecule has 0 aromatic heterocycles. The summed E-state index contributed by atoms with van der Waals surface area (Å²) >= 11 is 0. The molecule has 2 amide bonds. The van der Waals surface area contributed by atoms with E-state index in [0.29, 0.717) is 13.1 Å². The Kier molecular flexibility index (Phi) is 2.67. The lowest BCUT2D eigenvalue weighted by molar-refractivity contribution is 0.219. The first kappa shape index (κ1) is 9.71. The number of hydrogen-bond acceptors (Lipinski definition) is 2. The number of hydrogen-bond donors (Lipinski definition) is 1. The van der Waals surface area contributed by atoms with E-state index < -0.39 is 0 Å². The molecular weight excluding hydrogens is 190 g/mol. The zero-order valence-electron chi connectivity index (χ0n) is 8.60. The number of carbonyl (C=O) groups excluding carboxylic acids is 1. The maximum atomic E-state index is 11.2. The Morgan fingerprint density at radius 1 is 1.53 bits per heavy atom. The molecule has 15 heavy (non-hydrogen) atoms. The summed E-state index contributed by atoms with van der Waals surface area (Å²) in [6, 6.07) is 7.86. The first-order chi connectivity index (χ1) is 7.25. The second-order valence-electron chi connectivity index (χ2n) is 3.51. The number of urea groups is 1. The van der Waals surface area contributed by atoms with Crippen LogP contribution in [-0.2, 0) is 0 Å². The number of amides is 2. The number of nitrogens with one attached hydrogen (secondary N) is 1. The summed E-state index contributed by atoms with van der Waals surface area (Å²) < 4.78 is 0. The molecule has 1 aliphatic rings. The van der Waals surface area contributed by atoms with Gasteiger partial charge in [-0.3, -0.25) is 0 Å². The van der Waals surface area contributed by atoms with Crippen molar-refractivity contribution in [2.45, 2.75) is 6.92 Å². The van der Waals surface area contributed by atoms with Gasteiger partial charge in [-0.1, -0.05) is 29.8 Å². The zero-order valence-corrected chi connectivity index (χ0v) is 8.60. The van der Waals surface area contributed by atoms with Crippen LogP contribution in [-0.4, -0.2) is 30.3 Å². The van der Waals surface area contributed by atoms with E-state index in [4.69, 9.17) is 0 Å². The van der Waals surface area contributed by atoms with Gasteiger partial charge in [0.1, 0.15) is 0 Å². The Hall–Kier alpha value is -1.84. The molecule has 2 rings (SSSR count). The number of benzene rings is 1. The third-order valence-electron chi connectivity index (χ3n) is 2.22. The highest BCUT2D eigenvalue weighted by atomic mass is 16.2. The normalized spacial score (nSPS) is 16.1. The van der Waals surface area contributed by atoms with Gasteiger partial charge >= 0.3 is 6.03 Å². The molecule has 78 valence electrons. The summed E-state index contributed by atoms with van der Waals surface area (Å²) in [4.78, 5) is 11.2. The fourth-order valence-electron chi connectivity index (χ4n) is 1.46. The second-order valence-corrected chi connectivity index (χ2v) is 3.51. The van der Waals surface area contributed by atoms with Crippen LogP contribution in [0.5, 0.6) is 0 Å². The minimum Gasteiger partial charge on any atom is -0.335 e. The van der Waals surface area contributed by atoms with Crippen molar-refractivity contribution < 1.29 is 4.79 Å². The molecule has 1 N–H and O–H groups in total. The standard InChI is InChI=1S/C11H13N3O/c1-9-3-2-4-10(7-9)8-13-14-6-5-12-11(14)15/h2-4,7-8H,5-6H2,1H3,(H,12,15)/b13-8+. The zero-order chi connectivity index (χ0) is 10.7. The van der Waals surface area contributed by atoms with Gasteiger partial charge in [-0.2, -0.15) is 5.10 Å². The van der Waals surface area contributed by atoms with Crippen LogP contribution in [0.2, 0.25) is 0 Å². The number of nitrogens with zero attached hydrogens (tertiary/aromatic N) is 2. The van der Waals surface area contributed by atoms with Gasteiger partial charge in [-0.25, -0.2) is 9.80 Å². The molecule has 0 unspecified atom stereocenters. The topological polar surface area (TPSA) is 44.7 Å². The fourth-order valence-corrected chi connectivity index (χ4v) is 1.46. The van der Waals surface area contributed by atoms with E-state index in [2.05, 4.69) is 10.4 Å². The number of carbonyl (C=O) groups is 1. The van der Waals surface area contributed by atoms with Crippen molar-refractivity contribution in [3.63, 3.8) is 0 Å². The van der Waals surface area contributed by atoms with Crippen LogP contribution in [0.3, 0.4) is 0 Å². The molecule has 0 spiro atoms. The lowest BCUT2D eigenvalue weighted by Gasteiger charge is -2.05. The summed E-state index contributed by atoms with van der Waals surface area (Å²) in [7, 11) is 0. The molecule has 0 aliphatic carbocycles. The average Bonchev–Trinajstić information content (AvgIpc) is 2.61. The third kappa shape index (κ3) is 2.34. The van der Waals surface area contributed by atoms with Gasteiger partial charge in [-0.05, 0) is 12.5 Å². The molecule has 1 aliphatic heterocycles. The number of hydrazone groups is 1. The minimum atomic E-state index is -0.126. The van der Waals surface area contributed by atoms with Gasteiger partial charge < -0.3 is 5.32 Å². The molecule has 4 nitrogen and oxygen atoms in total. The summed E-state index contributed by atoms with van der Waals surface area (Å²) in [6.07, 6.45) is 1.71. The largest absolute Gasteiger partial charge is 0.337 e. The molecule has 0 atom stereocenters. The van der Waals surface area contributed by atoms with Crippen molar-refractivity contribution in [2.24, 2.45) is 5.10 Å². The van der Waals surface area contributed by atoms with Gasteiger partial charge in [-0.15, -0.1) is 0 Å². The van der Waals surface area contributed by atoms with E-state index in [9.17, 15) is 4.79 Å². The van der Waals surface area contributed by atoms with Crippen LogP contribution >= 0.6 is 0 Å². The van der Waals surface area contributed by atoms with Crippen molar-refractivity contribution in [1.82, 2.24) is 10.3 Å². The maximum absolute atomic E-state index is 11.2. The minimum absolute atomic E-state index is 0.126. The van der Waals surface area contributed by atoms with Gasteiger partial charge in [0, 0.05) is 6.54 Å². The molecule has 1 aromatic carbocycles. The molecule has 0 bridgehead atoms. The van der Waals surface area contributed by atoms with Crippen LogP contribution < -0.4 is 5.32 Å². The molecular formula is C11H13N3O. The number of aryl methyl sites for hydroxylation is 1. The lowest BCUT2D eigenvalue weighted by Crippen LogP contribution is -2.23. The molecule has 1 aromatic rings. The summed E-state index contributed by atoms with van der Waals surface area (Å²) in [5, 5.41) is 8.24. The van der Waals surface area contributed by atoms with Crippen LogP contribution in [0.1, 0.15) is 11.1 Å². The van der Waals surface area contributed by atoms with E-state index >= 15 is 0 Å². The molecule has 1 fully saturated rings. The highest BCUT2D eigenvalue weighted by Crippen LogP contribution is 2.02. The Bertz CT molecular complexity index is 401. The predicted octanol–water partition coefficient (Wildman–Crippen LogP) is 1.35. The van der Waals surface area contributed by atoms with Gasteiger partial charge in [0.15, 0.2) is 0 Å². The Morgan fingerprint density at radius 3 is 3.07 bits per heavy atom.